The van der Waals surface area contributed by atoms with Gasteiger partial charge >= 0.3 is 0 Å². The zero-order valence-electron chi connectivity index (χ0n) is 22.5. The van der Waals surface area contributed by atoms with E-state index in [9.17, 15) is 0 Å². The van der Waals surface area contributed by atoms with Crippen molar-refractivity contribution in [3.8, 4) is 11.1 Å². The molecule has 4 aliphatic rings. The molecule has 0 bridgehead atoms. The van der Waals surface area contributed by atoms with E-state index in [0.29, 0.717) is 11.5 Å². The van der Waals surface area contributed by atoms with Crippen LogP contribution in [0.4, 0.5) is 5.95 Å². The van der Waals surface area contributed by atoms with Gasteiger partial charge in [-0.15, -0.1) is 0 Å². The van der Waals surface area contributed by atoms with Crippen molar-refractivity contribution in [3.05, 3.63) is 42.2 Å². The Labute approximate surface area is 221 Å². The molecule has 1 spiro atoms. The summed E-state index contributed by atoms with van der Waals surface area (Å²) in [4.78, 5) is 14.9. The fourth-order valence-corrected chi connectivity index (χ4v) is 6.94. The van der Waals surface area contributed by atoms with Gasteiger partial charge in [-0.3, -0.25) is 4.90 Å². The highest BCUT2D eigenvalue weighted by Gasteiger charge is 2.55. The third-order valence-electron chi connectivity index (χ3n) is 9.70. The molecule has 6 nitrogen and oxygen atoms in total. The molecule has 3 aliphatic carbocycles. The number of benzene rings is 1. The van der Waals surface area contributed by atoms with Crippen LogP contribution >= 0.6 is 0 Å². The number of nitrogens with zero attached hydrogens (tertiary/aromatic N) is 5. The van der Waals surface area contributed by atoms with Crippen LogP contribution in [0.2, 0.25) is 0 Å². The summed E-state index contributed by atoms with van der Waals surface area (Å²) in [7, 11) is 2.22. The average Bonchev–Trinajstić information content (AvgIpc) is 3.84. The maximum Gasteiger partial charge on any atom is 0.224 e. The van der Waals surface area contributed by atoms with Crippen LogP contribution in [0.3, 0.4) is 0 Å². The number of fused-ring (bicyclic) bond motifs is 1. The Bertz CT molecular complexity index is 1230. The molecular formula is C31H42N6. The van der Waals surface area contributed by atoms with E-state index in [1.165, 1.54) is 79.9 Å². The summed E-state index contributed by atoms with van der Waals surface area (Å²) in [6.07, 6.45) is 16.8. The van der Waals surface area contributed by atoms with E-state index in [2.05, 4.69) is 63.4 Å². The second-order valence-corrected chi connectivity index (χ2v) is 12.5. The molecule has 2 aromatic heterocycles. The first kappa shape index (κ1) is 23.7. The Balaban J connectivity index is 1.16. The van der Waals surface area contributed by atoms with Crippen molar-refractivity contribution in [1.29, 1.82) is 0 Å². The number of piperazine rings is 1. The minimum Gasteiger partial charge on any atom is -0.354 e. The molecular weight excluding hydrogens is 456 g/mol. The minimum atomic E-state index is 0.512. The van der Waals surface area contributed by atoms with E-state index < -0.39 is 0 Å². The summed E-state index contributed by atoms with van der Waals surface area (Å²) < 4.78 is 2.53. The lowest BCUT2D eigenvalue weighted by atomic mass is 9.86. The molecule has 3 saturated carbocycles. The molecule has 7 rings (SSSR count). The molecule has 1 saturated heterocycles. The summed E-state index contributed by atoms with van der Waals surface area (Å²) in [6.45, 7) is 6.66. The quantitative estimate of drug-likeness (QED) is 0.416. The van der Waals surface area contributed by atoms with Gasteiger partial charge in [0.25, 0.3) is 0 Å². The molecule has 1 N–H and O–H groups in total. The van der Waals surface area contributed by atoms with Gasteiger partial charge in [0.2, 0.25) is 5.95 Å². The Hall–Kier alpha value is -2.44. The lowest BCUT2D eigenvalue weighted by molar-refractivity contribution is 0.148. The van der Waals surface area contributed by atoms with Crippen molar-refractivity contribution in [1.82, 2.24) is 24.3 Å². The summed E-state index contributed by atoms with van der Waals surface area (Å²) in [5.41, 5.74) is 5.59. The average molecular weight is 499 g/mol. The van der Waals surface area contributed by atoms with Crippen molar-refractivity contribution in [2.45, 2.75) is 70.4 Å². The van der Waals surface area contributed by atoms with Gasteiger partial charge in [-0.1, -0.05) is 56.4 Å². The molecule has 0 radical (unpaired) electrons. The van der Waals surface area contributed by atoms with Gasteiger partial charge in [0.05, 0.1) is 0 Å². The van der Waals surface area contributed by atoms with Crippen LogP contribution in [0, 0.1) is 11.3 Å². The maximum absolute atomic E-state index is 5.11. The Kier molecular flexibility index (Phi) is 6.20. The van der Waals surface area contributed by atoms with Gasteiger partial charge in [-0.25, -0.2) is 4.98 Å². The lowest BCUT2D eigenvalue weighted by Gasteiger charge is -2.32. The van der Waals surface area contributed by atoms with Crippen LogP contribution < -0.4 is 5.32 Å². The summed E-state index contributed by atoms with van der Waals surface area (Å²) in [6, 6.07) is 9.87. The number of rotatable bonds is 8. The molecule has 4 fully saturated rings. The van der Waals surface area contributed by atoms with Crippen LogP contribution in [0.25, 0.3) is 22.2 Å². The second kappa shape index (κ2) is 9.70. The third-order valence-corrected chi connectivity index (χ3v) is 9.70. The zero-order valence-corrected chi connectivity index (χ0v) is 22.5. The molecule has 6 heteroatoms. The monoisotopic (exact) mass is 498 g/mol. The van der Waals surface area contributed by atoms with Gasteiger partial charge in [-0.2, -0.15) is 4.98 Å². The number of aromatic nitrogens is 3. The van der Waals surface area contributed by atoms with Crippen LogP contribution in [0.1, 0.15) is 69.4 Å². The summed E-state index contributed by atoms with van der Waals surface area (Å²) >= 11 is 0. The largest absolute Gasteiger partial charge is 0.354 e. The molecule has 1 unspecified atom stereocenters. The normalized spacial score (nSPS) is 24.1. The highest BCUT2D eigenvalue weighted by Crippen LogP contribution is 2.65. The fourth-order valence-electron chi connectivity index (χ4n) is 6.94. The van der Waals surface area contributed by atoms with E-state index in [0.717, 1.165) is 56.8 Å². The van der Waals surface area contributed by atoms with Crippen LogP contribution in [-0.2, 0) is 6.54 Å². The smallest absolute Gasteiger partial charge is 0.224 e. The van der Waals surface area contributed by atoms with Gasteiger partial charge in [0, 0.05) is 68.7 Å². The van der Waals surface area contributed by atoms with E-state index in [1.54, 1.807) is 0 Å². The van der Waals surface area contributed by atoms with Crippen molar-refractivity contribution in [2.75, 3.05) is 45.1 Å². The number of hydrogen-bond donors (Lipinski definition) is 1. The zero-order chi connectivity index (χ0) is 24.8. The van der Waals surface area contributed by atoms with Crippen LogP contribution in [0.5, 0.6) is 0 Å². The lowest BCUT2D eigenvalue weighted by Crippen LogP contribution is -2.43. The van der Waals surface area contributed by atoms with E-state index in [-0.39, 0.29) is 0 Å². The standard InChI is InChI=1S/C31H42N6/c1-35-15-17-36(18-16-35)21-24-7-9-25(10-8-24)27-22-37(28-19-31(28)12-3-2-4-13-31)29-26(27)20-33-30(34-29)32-14-11-23-5-6-23/h7-10,20,22-23,28H,2-6,11-19,21H2,1H3,(H,32,33,34). The molecule has 1 atom stereocenters. The first-order valence-corrected chi connectivity index (χ1v) is 14.8. The molecule has 3 heterocycles. The molecule has 196 valence electrons. The van der Waals surface area contributed by atoms with E-state index >= 15 is 0 Å². The summed E-state index contributed by atoms with van der Waals surface area (Å²) in [5, 5.41) is 4.71. The highest BCUT2D eigenvalue weighted by atomic mass is 15.2. The summed E-state index contributed by atoms with van der Waals surface area (Å²) in [5.74, 6) is 1.71. The molecule has 1 aliphatic heterocycles. The van der Waals surface area contributed by atoms with E-state index in [1.807, 2.05) is 0 Å². The maximum atomic E-state index is 5.11. The first-order chi connectivity index (χ1) is 18.2. The number of anilines is 1. The van der Waals surface area contributed by atoms with Gasteiger partial charge in [0.1, 0.15) is 5.65 Å². The Morgan fingerprint density at radius 1 is 1.00 bits per heavy atom. The topological polar surface area (TPSA) is 49.2 Å². The number of likely N-dealkylation sites (N-methyl/N-ethyl adjacent to an activating group) is 1. The Morgan fingerprint density at radius 2 is 1.78 bits per heavy atom. The van der Waals surface area contributed by atoms with Crippen LogP contribution in [-0.4, -0.2) is 64.1 Å². The molecule has 3 aromatic rings. The SMILES string of the molecule is CN1CCN(Cc2ccc(-c3cn(C4CC45CCCCC5)c4nc(NCCC5CC5)ncc34)cc2)CC1. The van der Waals surface area contributed by atoms with Crippen molar-refractivity contribution in [3.63, 3.8) is 0 Å². The van der Waals surface area contributed by atoms with Crippen molar-refractivity contribution >= 4 is 17.0 Å². The van der Waals surface area contributed by atoms with Crippen LogP contribution in [0.15, 0.2) is 36.7 Å². The fraction of sp³-hybridized carbons (Fsp3) is 0.613. The van der Waals surface area contributed by atoms with Gasteiger partial charge in [-0.05, 0) is 55.2 Å². The van der Waals surface area contributed by atoms with Gasteiger partial charge < -0.3 is 14.8 Å². The second-order valence-electron chi connectivity index (χ2n) is 12.5. The van der Waals surface area contributed by atoms with Crippen molar-refractivity contribution in [2.24, 2.45) is 11.3 Å². The minimum absolute atomic E-state index is 0.512. The molecule has 37 heavy (non-hydrogen) atoms. The Morgan fingerprint density at radius 3 is 2.54 bits per heavy atom. The highest BCUT2D eigenvalue weighted by molar-refractivity contribution is 5.94. The van der Waals surface area contributed by atoms with Crippen molar-refractivity contribution < 1.29 is 0 Å². The predicted octanol–water partition coefficient (Wildman–Crippen LogP) is 5.95. The number of hydrogen-bond acceptors (Lipinski definition) is 5. The van der Waals surface area contributed by atoms with E-state index in [4.69, 9.17) is 9.97 Å². The predicted molar refractivity (Wildman–Crippen MR) is 151 cm³/mol. The number of nitrogens with one attached hydrogen (secondary N) is 1. The molecule has 1 aromatic carbocycles. The third kappa shape index (κ3) is 4.90. The van der Waals surface area contributed by atoms with Gasteiger partial charge in [0.15, 0.2) is 0 Å². The first-order valence-electron chi connectivity index (χ1n) is 14.8. The molecule has 0 amide bonds.